The van der Waals surface area contributed by atoms with E-state index in [1.54, 1.807) is 47.4 Å². The first-order valence-corrected chi connectivity index (χ1v) is 25.5. The molecule has 0 saturated carbocycles. The molecular formula is C54H49Cl3N10O2S. The summed E-state index contributed by atoms with van der Waals surface area (Å²) in [6.07, 6.45) is 18.1. The quantitative estimate of drug-likeness (QED) is 0.158. The van der Waals surface area contributed by atoms with Crippen molar-refractivity contribution in [3.05, 3.63) is 192 Å². The molecule has 12 nitrogen and oxygen atoms in total. The Kier molecular flexibility index (Phi) is 14.5. The van der Waals surface area contributed by atoms with Crippen LogP contribution in [0.1, 0.15) is 81.6 Å². The molecule has 16 heteroatoms. The smallest absolute Gasteiger partial charge is 0.227 e. The van der Waals surface area contributed by atoms with E-state index in [0.717, 1.165) is 105 Å². The highest BCUT2D eigenvalue weighted by Crippen LogP contribution is 2.43. The number of tetrazole rings is 1. The van der Waals surface area contributed by atoms with E-state index in [4.69, 9.17) is 44.8 Å². The molecule has 2 fully saturated rings. The highest BCUT2D eigenvalue weighted by molar-refractivity contribution is 7.99. The molecule has 7 aromatic rings. The predicted octanol–water partition coefficient (Wildman–Crippen LogP) is 10.1. The third kappa shape index (κ3) is 10.4. The lowest BCUT2D eigenvalue weighted by Gasteiger charge is -2.30. The van der Waals surface area contributed by atoms with E-state index in [9.17, 15) is 9.59 Å². The van der Waals surface area contributed by atoms with Crippen molar-refractivity contribution in [3.8, 4) is 0 Å². The molecular weight excluding hydrogens is 959 g/mol. The molecule has 4 aliphatic rings. The van der Waals surface area contributed by atoms with Gasteiger partial charge in [0.05, 0.1) is 24.2 Å². The predicted molar refractivity (Wildman–Crippen MR) is 274 cm³/mol. The molecule has 0 radical (unpaired) electrons. The average molecular weight is 1010 g/mol. The Hall–Kier alpha value is -6.25. The molecule has 70 heavy (non-hydrogen) atoms. The number of rotatable bonds is 6. The number of fused-ring (bicyclic) bond motifs is 4. The number of aryl methyl sites for hydroxylation is 3. The minimum Gasteiger partial charge on any atom is -0.342 e. The first-order valence-electron chi connectivity index (χ1n) is 23.5. The van der Waals surface area contributed by atoms with Gasteiger partial charge in [0.2, 0.25) is 17.0 Å². The Morgan fingerprint density at radius 2 is 1.11 bits per heavy atom. The Labute approximate surface area is 426 Å². The summed E-state index contributed by atoms with van der Waals surface area (Å²) in [5, 5.41) is 14.9. The van der Waals surface area contributed by atoms with Gasteiger partial charge in [-0.2, -0.15) is 0 Å². The van der Waals surface area contributed by atoms with Crippen molar-refractivity contribution in [2.24, 2.45) is 7.05 Å². The molecule has 2 amide bonds. The Morgan fingerprint density at radius 3 is 1.61 bits per heavy atom. The van der Waals surface area contributed by atoms with Crippen molar-refractivity contribution in [2.45, 2.75) is 74.3 Å². The number of hydrogen-bond donors (Lipinski definition) is 0. The summed E-state index contributed by atoms with van der Waals surface area (Å²) in [5.74, 6) is 0.293. The van der Waals surface area contributed by atoms with E-state index in [0.29, 0.717) is 39.0 Å². The Morgan fingerprint density at radius 1 is 0.600 bits per heavy atom. The summed E-state index contributed by atoms with van der Waals surface area (Å²) in [6, 6.07) is 23.8. The maximum Gasteiger partial charge on any atom is 0.227 e. The van der Waals surface area contributed by atoms with Crippen LogP contribution in [-0.2, 0) is 55.2 Å². The highest BCUT2D eigenvalue weighted by Gasteiger charge is 2.30. The first-order chi connectivity index (χ1) is 34.2. The standard InChI is InChI=1S/C28H26ClN7OS.C26H23Cl2N3O/c1-35-28(32-33-34-35)38-24-8-12-31-27-23(24)6-4-20-16-21(29)5-7-22(20)26(27)19-9-13-36(14-10-19)25(37)15-18-3-2-11-30-17-18;27-20-4-6-21-19(15-20)3-5-22-23(28)7-11-30-26(22)25(21)18-8-12-31(13-9-18)24(32)14-17-2-1-10-29-16-17/h2-3,5,7-8,11-12,16-17H,4,6,9-10,13-15H2,1H3;1-2,4,6-7,10-11,15-16H,3,5,8-9,12-14H2. The lowest BCUT2D eigenvalue weighted by molar-refractivity contribution is -0.131. The number of piperidine rings is 2. The zero-order valence-electron chi connectivity index (χ0n) is 38.6. The summed E-state index contributed by atoms with van der Waals surface area (Å²) in [5.41, 5.74) is 16.0. The molecule has 7 heterocycles. The molecule has 2 aliphatic carbocycles. The van der Waals surface area contributed by atoms with Crippen LogP contribution in [0, 0.1) is 0 Å². The fourth-order valence-corrected chi connectivity index (χ4v) is 11.5. The number of carbonyl (C=O) groups is 2. The Balaban J connectivity index is 0.000000165. The van der Waals surface area contributed by atoms with Crippen molar-refractivity contribution < 1.29 is 9.59 Å². The molecule has 0 N–H and O–H groups in total. The number of benzene rings is 2. The fourth-order valence-electron chi connectivity index (χ4n) is 10.0. The minimum atomic E-state index is 0.143. The van der Waals surface area contributed by atoms with Gasteiger partial charge in [0.1, 0.15) is 0 Å². The van der Waals surface area contributed by atoms with Crippen LogP contribution in [-0.4, -0.2) is 87.9 Å². The van der Waals surface area contributed by atoms with E-state index in [1.807, 2.05) is 71.6 Å². The van der Waals surface area contributed by atoms with Gasteiger partial charge in [-0.1, -0.05) is 70.2 Å². The van der Waals surface area contributed by atoms with Gasteiger partial charge < -0.3 is 9.80 Å². The molecule has 354 valence electrons. The van der Waals surface area contributed by atoms with Crippen LogP contribution in [0.3, 0.4) is 0 Å². The number of nitrogens with zero attached hydrogens (tertiary/aromatic N) is 10. The van der Waals surface area contributed by atoms with Crippen LogP contribution in [0.2, 0.25) is 15.1 Å². The lowest BCUT2D eigenvalue weighted by Crippen LogP contribution is -2.37. The normalized spacial score (nSPS) is 15.4. The monoisotopic (exact) mass is 1010 g/mol. The third-order valence-corrected chi connectivity index (χ3v) is 15.5. The van der Waals surface area contributed by atoms with E-state index in [2.05, 4.69) is 49.8 Å². The van der Waals surface area contributed by atoms with Gasteiger partial charge in [0, 0.05) is 102 Å². The van der Waals surface area contributed by atoms with Crippen LogP contribution in [0.5, 0.6) is 0 Å². The second-order valence-corrected chi connectivity index (χ2v) is 20.1. The molecule has 5 aromatic heterocycles. The summed E-state index contributed by atoms with van der Waals surface area (Å²) in [7, 11) is 1.84. The van der Waals surface area contributed by atoms with Gasteiger partial charge in [-0.3, -0.25) is 29.5 Å². The van der Waals surface area contributed by atoms with Crippen LogP contribution in [0.4, 0.5) is 0 Å². The van der Waals surface area contributed by atoms with Crippen molar-refractivity contribution in [1.29, 1.82) is 0 Å². The van der Waals surface area contributed by atoms with Gasteiger partial charge in [-0.25, -0.2) is 4.68 Å². The van der Waals surface area contributed by atoms with Crippen LogP contribution in [0.25, 0.3) is 11.1 Å². The van der Waals surface area contributed by atoms with Crippen molar-refractivity contribution >= 4 is 69.5 Å². The molecule has 11 rings (SSSR count). The number of carbonyl (C=O) groups excluding carboxylic acids is 2. The molecule has 0 atom stereocenters. The molecule has 0 spiro atoms. The van der Waals surface area contributed by atoms with Gasteiger partial charge in [-0.05, 0) is 167 Å². The van der Waals surface area contributed by atoms with Crippen LogP contribution < -0.4 is 0 Å². The number of aromatic nitrogens is 8. The Bertz CT molecular complexity index is 3140. The SMILES string of the molecule is Cn1nnnc1Sc1ccnc2c1CCc1cc(Cl)ccc1C2=C1CCN(C(=O)Cc2cccnc2)CC1.O=C(Cc1cccnc1)N1CCC(=C2c3ccc(Cl)cc3CCc3c(Cl)ccnc32)CC1. The van der Waals surface area contributed by atoms with E-state index >= 15 is 0 Å². The summed E-state index contributed by atoms with van der Waals surface area (Å²) < 4.78 is 1.68. The lowest BCUT2D eigenvalue weighted by atomic mass is 9.88. The fraction of sp³-hybridized carbons (Fsp3) is 0.278. The van der Waals surface area contributed by atoms with E-state index in [-0.39, 0.29) is 11.8 Å². The largest absolute Gasteiger partial charge is 0.342 e. The summed E-state index contributed by atoms with van der Waals surface area (Å²) in [4.78, 5) is 48.8. The van der Waals surface area contributed by atoms with E-state index in [1.165, 1.54) is 50.1 Å². The van der Waals surface area contributed by atoms with Gasteiger partial charge in [0.25, 0.3) is 0 Å². The molecule has 2 saturated heterocycles. The maximum absolute atomic E-state index is 13.0. The van der Waals surface area contributed by atoms with Gasteiger partial charge >= 0.3 is 0 Å². The topological polar surface area (TPSA) is 136 Å². The van der Waals surface area contributed by atoms with Crippen LogP contribution in [0.15, 0.2) is 131 Å². The number of hydrogen-bond acceptors (Lipinski definition) is 10. The average Bonchev–Trinajstić information content (AvgIpc) is 3.60. The molecule has 0 bridgehead atoms. The number of pyridine rings is 4. The maximum atomic E-state index is 13.0. The number of amides is 2. The summed E-state index contributed by atoms with van der Waals surface area (Å²) >= 11 is 20.9. The minimum absolute atomic E-state index is 0.143. The highest BCUT2D eigenvalue weighted by atomic mass is 35.5. The van der Waals surface area contributed by atoms with Gasteiger partial charge in [0.15, 0.2) is 0 Å². The van der Waals surface area contributed by atoms with E-state index < -0.39 is 0 Å². The third-order valence-electron chi connectivity index (χ3n) is 13.5. The molecule has 2 aromatic carbocycles. The zero-order valence-corrected chi connectivity index (χ0v) is 41.7. The molecule has 2 aliphatic heterocycles. The summed E-state index contributed by atoms with van der Waals surface area (Å²) in [6.45, 7) is 2.79. The van der Waals surface area contributed by atoms with Gasteiger partial charge in [-0.15, -0.1) is 5.10 Å². The molecule has 0 unspecified atom stereocenters. The van der Waals surface area contributed by atoms with Crippen molar-refractivity contribution in [1.82, 2.24) is 49.9 Å². The second kappa shape index (κ2) is 21.4. The van der Waals surface area contributed by atoms with Crippen molar-refractivity contribution in [2.75, 3.05) is 26.2 Å². The van der Waals surface area contributed by atoms with Crippen molar-refractivity contribution in [3.63, 3.8) is 0 Å². The zero-order chi connectivity index (χ0) is 48.1. The number of halogens is 3. The first kappa shape index (κ1) is 47.4. The number of likely N-dealkylation sites (tertiary alicyclic amines) is 2. The second-order valence-electron chi connectivity index (χ2n) is 17.8. The van der Waals surface area contributed by atoms with Crippen LogP contribution >= 0.6 is 46.6 Å².